The lowest BCUT2D eigenvalue weighted by Gasteiger charge is -2.38. The van der Waals surface area contributed by atoms with Crippen molar-refractivity contribution in [3.05, 3.63) is 97.8 Å². The van der Waals surface area contributed by atoms with Crippen LogP contribution in [0.2, 0.25) is 5.02 Å². The minimum absolute atomic E-state index is 0.0851. The second-order valence-corrected chi connectivity index (χ2v) is 12.1. The van der Waals surface area contributed by atoms with E-state index in [1.807, 2.05) is 10.3 Å². The zero-order chi connectivity index (χ0) is 32.4. The first-order chi connectivity index (χ1) is 22.2. The predicted octanol–water partition coefficient (Wildman–Crippen LogP) is 3.63. The first-order valence-electron chi connectivity index (χ1n) is 14.3. The molecule has 4 heterocycles. The SMILES string of the molecule is COC(=O)C1=C(CN2CCN3C(=O)N(CC#Cc4ccc(C(=O)O)cc4)C[C@H]3C2)NC(c2nccs2)=N[C@H]1c1ccc(F)cc1Cl. The molecule has 6 rings (SSSR count). The number of aromatic nitrogens is 1. The Morgan fingerprint density at radius 2 is 2.00 bits per heavy atom. The van der Waals surface area contributed by atoms with Crippen LogP contribution >= 0.6 is 22.9 Å². The van der Waals surface area contributed by atoms with E-state index in [1.54, 1.807) is 23.2 Å². The number of halogens is 2. The standard InChI is InChI=1S/C32H28ClFN6O5S/c1-45-31(43)26-25(36-28(29-35-10-14-46-29)37-27(26)23-9-8-21(34)15-24(23)33)18-38-12-13-40-22(16-38)17-39(32(40)44)11-2-3-19-4-6-20(7-5-19)30(41)42/h4-10,14-15,22,27H,11-13,16-18H2,1H3,(H,36,37)(H,41,42)/t22-,27+/m1/s1. The summed E-state index contributed by atoms with van der Waals surface area (Å²) in [6.07, 6.45) is 1.66. The highest BCUT2D eigenvalue weighted by Gasteiger charge is 2.41. The second-order valence-electron chi connectivity index (χ2n) is 10.8. The number of nitrogens with one attached hydrogen (secondary N) is 1. The first kappa shape index (κ1) is 31.2. The summed E-state index contributed by atoms with van der Waals surface area (Å²) in [5, 5.41) is 14.9. The Bertz CT molecular complexity index is 1800. The van der Waals surface area contributed by atoms with E-state index in [9.17, 15) is 18.8 Å². The Morgan fingerprint density at radius 1 is 1.20 bits per heavy atom. The quantitative estimate of drug-likeness (QED) is 0.290. The third kappa shape index (κ3) is 6.46. The van der Waals surface area contributed by atoms with Gasteiger partial charge < -0.3 is 25.0 Å². The van der Waals surface area contributed by atoms with Gasteiger partial charge in [0.1, 0.15) is 11.9 Å². The molecule has 0 saturated carbocycles. The number of thiazole rings is 1. The first-order valence-corrected chi connectivity index (χ1v) is 15.6. The third-order valence-corrected chi connectivity index (χ3v) is 9.06. The number of nitrogens with zero attached hydrogens (tertiary/aromatic N) is 5. The zero-order valence-electron chi connectivity index (χ0n) is 24.6. The molecule has 2 fully saturated rings. The Labute approximate surface area is 272 Å². The number of carboxylic acids is 1. The second kappa shape index (κ2) is 13.3. The fraction of sp³-hybridized carbons (Fsp3) is 0.281. The Kier molecular flexibility index (Phi) is 9.03. The van der Waals surface area contributed by atoms with E-state index in [4.69, 9.17) is 26.4 Å². The molecule has 3 aliphatic rings. The van der Waals surface area contributed by atoms with Crippen molar-refractivity contribution in [3.8, 4) is 11.8 Å². The largest absolute Gasteiger partial charge is 0.478 e. The molecular formula is C32H28ClFN6O5S. The van der Waals surface area contributed by atoms with Crippen LogP contribution < -0.4 is 5.32 Å². The van der Waals surface area contributed by atoms with E-state index >= 15 is 0 Å². The molecule has 0 unspecified atom stereocenters. The van der Waals surface area contributed by atoms with Crippen molar-refractivity contribution in [2.45, 2.75) is 12.1 Å². The molecule has 3 aromatic rings. The van der Waals surface area contributed by atoms with Crippen LogP contribution in [0.3, 0.4) is 0 Å². The fourth-order valence-electron chi connectivity index (χ4n) is 5.74. The number of carboxylic acid groups (broad SMARTS) is 1. The van der Waals surface area contributed by atoms with Gasteiger partial charge in [-0.15, -0.1) is 11.3 Å². The molecule has 0 bridgehead atoms. The molecule has 0 radical (unpaired) electrons. The van der Waals surface area contributed by atoms with E-state index in [1.165, 1.54) is 48.8 Å². The molecule has 2 amide bonds. The number of methoxy groups -OCH3 is 1. The van der Waals surface area contributed by atoms with E-state index in [-0.39, 0.29) is 34.8 Å². The smallest absolute Gasteiger partial charge is 0.338 e. The number of amides is 2. The van der Waals surface area contributed by atoms with Gasteiger partial charge in [-0.1, -0.05) is 29.5 Å². The molecule has 46 heavy (non-hydrogen) atoms. The lowest BCUT2D eigenvalue weighted by Crippen LogP contribution is -2.53. The van der Waals surface area contributed by atoms with Gasteiger partial charge in [0.05, 0.1) is 30.8 Å². The van der Waals surface area contributed by atoms with Crippen LogP contribution in [0.5, 0.6) is 0 Å². The highest BCUT2D eigenvalue weighted by Crippen LogP contribution is 2.37. The summed E-state index contributed by atoms with van der Waals surface area (Å²) in [5.41, 5.74) is 2.12. The number of hydrogen-bond acceptors (Lipinski definition) is 9. The fourth-order valence-corrected chi connectivity index (χ4v) is 6.60. The molecule has 236 valence electrons. The van der Waals surface area contributed by atoms with Crippen molar-refractivity contribution >= 4 is 46.7 Å². The summed E-state index contributed by atoms with van der Waals surface area (Å²) in [5.74, 6) is 4.38. The van der Waals surface area contributed by atoms with Crippen LogP contribution in [0, 0.1) is 17.7 Å². The average molecular weight is 663 g/mol. The van der Waals surface area contributed by atoms with Crippen LogP contribution in [0.15, 0.2) is 70.3 Å². The van der Waals surface area contributed by atoms with Crippen LogP contribution in [-0.2, 0) is 9.53 Å². The molecule has 14 heteroatoms. The number of piperazine rings is 1. The highest BCUT2D eigenvalue weighted by molar-refractivity contribution is 7.11. The number of ether oxygens (including phenoxy) is 1. The van der Waals surface area contributed by atoms with Gasteiger partial charge in [-0.25, -0.2) is 23.8 Å². The number of carbonyl (C=O) groups excluding carboxylic acids is 2. The van der Waals surface area contributed by atoms with Gasteiger partial charge >= 0.3 is 18.0 Å². The minimum atomic E-state index is -1.00. The van der Waals surface area contributed by atoms with Gasteiger partial charge in [-0.2, -0.15) is 0 Å². The molecule has 2 aromatic carbocycles. The number of benzene rings is 2. The minimum Gasteiger partial charge on any atom is -0.478 e. The van der Waals surface area contributed by atoms with Crippen molar-refractivity contribution in [3.63, 3.8) is 0 Å². The van der Waals surface area contributed by atoms with E-state index in [0.717, 1.165) is 0 Å². The normalized spacial score (nSPS) is 19.6. The van der Waals surface area contributed by atoms with Crippen LogP contribution in [0.4, 0.5) is 9.18 Å². The van der Waals surface area contributed by atoms with Crippen LogP contribution in [0.1, 0.15) is 32.5 Å². The topological polar surface area (TPSA) is 128 Å². The summed E-state index contributed by atoms with van der Waals surface area (Å²) in [4.78, 5) is 52.4. The van der Waals surface area contributed by atoms with Crippen molar-refractivity contribution in [1.29, 1.82) is 0 Å². The number of carbonyl (C=O) groups is 3. The lowest BCUT2D eigenvalue weighted by molar-refractivity contribution is -0.136. The van der Waals surface area contributed by atoms with Gasteiger partial charge in [0, 0.05) is 66.1 Å². The Balaban J connectivity index is 1.20. The summed E-state index contributed by atoms with van der Waals surface area (Å²) < 4.78 is 19.1. The maximum Gasteiger partial charge on any atom is 0.338 e. The van der Waals surface area contributed by atoms with Gasteiger partial charge in [-0.3, -0.25) is 9.89 Å². The van der Waals surface area contributed by atoms with Crippen molar-refractivity contribution in [2.75, 3.05) is 46.4 Å². The number of aromatic carboxylic acids is 1. The molecule has 11 nitrogen and oxygen atoms in total. The summed E-state index contributed by atoms with van der Waals surface area (Å²) in [7, 11) is 1.29. The maximum atomic E-state index is 14.0. The maximum absolute atomic E-state index is 14.0. The van der Waals surface area contributed by atoms with Crippen LogP contribution in [0.25, 0.3) is 0 Å². The number of fused-ring (bicyclic) bond motifs is 1. The summed E-state index contributed by atoms with van der Waals surface area (Å²) in [6, 6.07) is 9.21. The molecule has 2 saturated heterocycles. The van der Waals surface area contributed by atoms with Crippen LogP contribution in [-0.4, -0.2) is 101 Å². The van der Waals surface area contributed by atoms with Crippen molar-refractivity contribution in [2.24, 2.45) is 4.99 Å². The summed E-state index contributed by atoms with van der Waals surface area (Å²) >= 11 is 7.85. The molecule has 2 N–H and O–H groups in total. The van der Waals surface area contributed by atoms with E-state index in [0.29, 0.717) is 60.4 Å². The monoisotopic (exact) mass is 662 g/mol. The highest BCUT2D eigenvalue weighted by atomic mass is 35.5. The van der Waals surface area contributed by atoms with Crippen molar-refractivity contribution in [1.82, 2.24) is 25.0 Å². The van der Waals surface area contributed by atoms with Gasteiger partial charge in [0.15, 0.2) is 10.8 Å². The summed E-state index contributed by atoms with van der Waals surface area (Å²) in [6.45, 7) is 2.65. The molecule has 1 aromatic heterocycles. The molecule has 0 aliphatic carbocycles. The number of amidine groups is 1. The van der Waals surface area contributed by atoms with Crippen molar-refractivity contribution < 1.29 is 28.6 Å². The number of urea groups is 1. The predicted molar refractivity (Wildman–Crippen MR) is 169 cm³/mol. The lowest BCUT2D eigenvalue weighted by atomic mass is 9.95. The van der Waals surface area contributed by atoms with Gasteiger partial charge in [-0.05, 0) is 36.4 Å². The molecule has 0 spiro atoms. The van der Waals surface area contributed by atoms with Gasteiger partial charge in [0.2, 0.25) is 0 Å². The third-order valence-electron chi connectivity index (χ3n) is 7.95. The van der Waals surface area contributed by atoms with Gasteiger partial charge in [0.25, 0.3) is 0 Å². The Hall–Kier alpha value is -4.77. The molecular weight excluding hydrogens is 635 g/mol. The zero-order valence-corrected chi connectivity index (χ0v) is 26.1. The van der Waals surface area contributed by atoms with E-state index < -0.39 is 23.8 Å². The van der Waals surface area contributed by atoms with E-state index in [2.05, 4.69) is 27.0 Å². The number of esters is 1. The number of hydrogen-bond donors (Lipinski definition) is 2. The molecule has 3 aliphatic heterocycles. The number of rotatable bonds is 7. The average Bonchev–Trinajstić information content (AvgIpc) is 3.69. The molecule has 2 atom stereocenters. The number of aliphatic imine (C=N–C) groups is 1. The Morgan fingerprint density at radius 3 is 2.70 bits per heavy atom.